The van der Waals surface area contributed by atoms with E-state index in [1.807, 2.05) is 0 Å². The summed E-state index contributed by atoms with van der Waals surface area (Å²) in [5, 5.41) is 0. The number of hydrogen-bond donors (Lipinski definition) is 0. The van der Waals surface area contributed by atoms with Crippen LogP contribution < -0.4 is 0 Å². The number of amidine groups is 1. The molecule has 2 fully saturated rings. The summed E-state index contributed by atoms with van der Waals surface area (Å²) in [5.41, 5.74) is 1.42. The van der Waals surface area contributed by atoms with Crippen LogP contribution in [0.25, 0.3) is 0 Å². The van der Waals surface area contributed by atoms with Gasteiger partial charge in [0.05, 0.1) is 11.9 Å². The number of hydrogen-bond acceptors (Lipinski definition) is 1. The van der Waals surface area contributed by atoms with Crippen molar-refractivity contribution < 1.29 is 0 Å². The Balaban J connectivity index is 1.83. The van der Waals surface area contributed by atoms with Gasteiger partial charge in [-0.25, -0.2) is 0 Å². The van der Waals surface area contributed by atoms with Crippen LogP contribution in [-0.4, -0.2) is 23.8 Å². The Morgan fingerprint density at radius 2 is 1.67 bits per heavy atom. The normalized spacial score (nSPS) is 23.7. The second-order valence-corrected chi connectivity index (χ2v) is 7.54. The summed E-state index contributed by atoms with van der Waals surface area (Å²) in [7, 11) is 0. The van der Waals surface area contributed by atoms with Gasteiger partial charge in [-0.2, -0.15) is 0 Å². The van der Waals surface area contributed by atoms with Gasteiger partial charge in [-0.1, -0.05) is 62.4 Å². The van der Waals surface area contributed by atoms with E-state index in [1.165, 1.54) is 82.2 Å². The molecule has 132 valence electrons. The highest BCUT2D eigenvalue weighted by molar-refractivity contribution is 5.82. The van der Waals surface area contributed by atoms with Crippen LogP contribution in [-0.2, 0) is 0 Å². The summed E-state index contributed by atoms with van der Waals surface area (Å²) in [6, 6.07) is 11.4. The van der Waals surface area contributed by atoms with Crippen molar-refractivity contribution >= 4 is 5.84 Å². The van der Waals surface area contributed by atoms with E-state index in [1.54, 1.807) is 0 Å². The monoisotopic (exact) mass is 326 g/mol. The lowest BCUT2D eigenvalue weighted by molar-refractivity contribution is 0.262. The molecule has 1 atom stereocenters. The fourth-order valence-corrected chi connectivity index (χ4v) is 4.09. The van der Waals surface area contributed by atoms with Gasteiger partial charge in [0.25, 0.3) is 0 Å². The third kappa shape index (κ3) is 4.62. The van der Waals surface area contributed by atoms with Crippen molar-refractivity contribution in [1.82, 2.24) is 4.90 Å². The molecule has 0 bridgehead atoms. The predicted octanol–water partition coefficient (Wildman–Crippen LogP) is 5.99. The second kappa shape index (κ2) is 9.25. The molecule has 0 N–H and O–H groups in total. The maximum absolute atomic E-state index is 5.40. The van der Waals surface area contributed by atoms with Crippen molar-refractivity contribution in [2.45, 2.75) is 77.2 Å². The summed E-state index contributed by atoms with van der Waals surface area (Å²) in [4.78, 5) is 7.97. The molecule has 24 heavy (non-hydrogen) atoms. The minimum Gasteiger partial charge on any atom is -0.361 e. The van der Waals surface area contributed by atoms with Gasteiger partial charge in [-0.05, 0) is 44.1 Å². The molecule has 2 nitrogen and oxygen atoms in total. The topological polar surface area (TPSA) is 15.6 Å². The van der Waals surface area contributed by atoms with Crippen LogP contribution in [0.15, 0.2) is 35.3 Å². The van der Waals surface area contributed by atoms with Crippen molar-refractivity contribution in [1.29, 1.82) is 0 Å². The van der Waals surface area contributed by atoms with Crippen LogP contribution in [0.5, 0.6) is 0 Å². The standard InChI is InChI=1S/C22H34N2/c1-2-24-18-11-6-4-3-5-10-17-21(24)23-22(20-15-12-16-20)19-13-8-7-9-14-19/h7-9,13-14,20,22H,2-6,10-12,15-18H2,1H3/b23-21+. The minimum atomic E-state index is 0.381. The molecule has 1 heterocycles. The molecule has 1 saturated heterocycles. The molecular formula is C22H34N2. The summed E-state index contributed by atoms with van der Waals surface area (Å²) in [6.45, 7) is 4.59. The first-order valence-electron chi connectivity index (χ1n) is 10.2. The molecule has 1 aromatic rings. The Morgan fingerprint density at radius 3 is 2.33 bits per heavy atom. The Bertz CT molecular complexity index is 504. The van der Waals surface area contributed by atoms with E-state index in [4.69, 9.17) is 4.99 Å². The van der Waals surface area contributed by atoms with Gasteiger partial charge in [0, 0.05) is 19.5 Å². The van der Waals surface area contributed by atoms with Crippen molar-refractivity contribution in [2.75, 3.05) is 13.1 Å². The number of nitrogens with zero attached hydrogens (tertiary/aromatic N) is 2. The lowest BCUT2D eigenvalue weighted by atomic mass is 9.77. The summed E-state index contributed by atoms with van der Waals surface area (Å²) in [5.74, 6) is 2.15. The zero-order valence-electron chi connectivity index (χ0n) is 15.4. The fraction of sp³-hybridized carbons (Fsp3) is 0.682. The van der Waals surface area contributed by atoms with Crippen LogP contribution in [0.2, 0.25) is 0 Å². The average molecular weight is 327 g/mol. The molecule has 1 unspecified atom stereocenters. The highest BCUT2D eigenvalue weighted by Gasteiger charge is 2.29. The summed E-state index contributed by atoms with van der Waals surface area (Å²) >= 11 is 0. The van der Waals surface area contributed by atoms with Gasteiger partial charge in [0.2, 0.25) is 0 Å². The minimum absolute atomic E-state index is 0.381. The molecule has 1 aliphatic heterocycles. The molecular weight excluding hydrogens is 292 g/mol. The molecule has 3 rings (SSSR count). The fourth-order valence-electron chi connectivity index (χ4n) is 4.09. The molecule has 2 heteroatoms. The van der Waals surface area contributed by atoms with E-state index in [-0.39, 0.29) is 0 Å². The third-order valence-electron chi connectivity index (χ3n) is 5.85. The molecule has 1 aliphatic carbocycles. The first kappa shape index (κ1) is 17.5. The quantitative estimate of drug-likeness (QED) is 0.663. The Hall–Kier alpha value is -1.31. The number of aliphatic imine (C=N–C) groups is 1. The molecule has 1 saturated carbocycles. The van der Waals surface area contributed by atoms with E-state index >= 15 is 0 Å². The van der Waals surface area contributed by atoms with Gasteiger partial charge in [-0.3, -0.25) is 4.99 Å². The average Bonchev–Trinajstić information content (AvgIpc) is 2.58. The van der Waals surface area contributed by atoms with Gasteiger partial charge < -0.3 is 4.90 Å². The maximum atomic E-state index is 5.40. The highest BCUT2D eigenvalue weighted by atomic mass is 15.2. The molecule has 0 amide bonds. The van der Waals surface area contributed by atoms with E-state index in [9.17, 15) is 0 Å². The van der Waals surface area contributed by atoms with E-state index in [2.05, 4.69) is 42.2 Å². The van der Waals surface area contributed by atoms with Gasteiger partial charge in [0.1, 0.15) is 0 Å². The van der Waals surface area contributed by atoms with Gasteiger partial charge in [0.15, 0.2) is 0 Å². The van der Waals surface area contributed by atoms with Crippen molar-refractivity contribution in [3.63, 3.8) is 0 Å². The summed E-state index contributed by atoms with van der Waals surface area (Å²) < 4.78 is 0. The Kier molecular flexibility index (Phi) is 6.75. The van der Waals surface area contributed by atoms with Crippen molar-refractivity contribution in [3.8, 4) is 0 Å². The zero-order valence-corrected chi connectivity index (χ0v) is 15.4. The lowest BCUT2D eigenvalue weighted by Gasteiger charge is -2.34. The third-order valence-corrected chi connectivity index (χ3v) is 5.85. The van der Waals surface area contributed by atoms with Crippen molar-refractivity contribution in [2.24, 2.45) is 10.9 Å². The first-order valence-corrected chi connectivity index (χ1v) is 10.2. The van der Waals surface area contributed by atoms with Crippen LogP contribution in [0.1, 0.15) is 82.7 Å². The Morgan fingerprint density at radius 1 is 0.958 bits per heavy atom. The molecule has 0 spiro atoms. The molecule has 1 aromatic carbocycles. The van der Waals surface area contributed by atoms with E-state index in [0.717, 1.165) is 12.5 Å². The maximum Gasteiger partial charge on any atom is 0.0996 e. The molecule has 0 radical (unpaired) electrons. The Labute approximate surface area is 148 Å². The van der Waals surface area contributed by atoms with Crippen LogP contribution in [0.3, 0.4) is 0 Å². The van der Waals surface area contributed by atoms with Crippen LogP contribution >= 0.6 is 0 Å². The van der Waals surface area contributed by atoms with Crippen molar-refractivity contribution in [3.05, 3.63) is 35.9 Å². The SMILES string of the molecule is CCN1CCCCCCCC/C1=N\C(c1ccccc1)C1CCC1. The van der Waals surface area contributed by atoms with E-state index < -0.39 is 0 Å². The van der Waals surface area contributed by atoms with E-state index in [0.29, 0.717) is 6.04 Å². The first-order chi connectivity index (χ1) is 11.9. The predicted molar refractivity (Wildman–Crippen MR) is 104 cm³/mol. The molecule has 2 aliphatic rings. The highest BCUT2D eigenvalue weighted by Crippen LogP contribution is 2.40. The zero-order chi connectivity index (χ0) is 16.6. The van der Waals surface area contributed by atoms with Crippen LogP contribution in [0.4, 0.5) is 0 Å². The van der Waals surface area contributed by atoms with Gasteiger partial charge in [-0.15, -0.1) is 0 Å². The number of benzene rings is 1. The van der Waals surface area contributed by atoms with Crippen LogP contribution in [0, 0.1) is 5.92 Å². The molecule has 0 aromatic heterocycles. The smallest absolute Gasteiger partial charge is 0.0996 e. The number of rotatable bonds is 4. The summed E-state index contributed by atoms with van der Waals surface area (Å²) in [6.07, 6.45) is 13.5. The largest absolute Gasteiger partial charge is 0.361 e. The van der Waals surface area contributed by atoms with Gasteiger partial charge >= 0.3 is 0 Å². The lowest BCUT2D eigenvalue weighted by Crippen LogP contribution is -2.33. The second-order valence-electron chi connectivity index (χ2n) is 7.54.